The van der Waals surface area contributed by atoms with Gasteiger partial charge in [-0.25, -0.2) is 4.98 Å². The molecular formula is C10H6N4O2. The largest absolute Gasteiger partial charge is 0.416 e. The minimum absolute atomic E-state index is 0.164. The molecule has 0 saturated carbocycles. The zero-order valence-electron chi connectivity index (χ0n) is 8.04. The highest BCUT2D eigenvalue weighted by Gasteiger charge is 2.22. The van der Waals surface area contributed by atoms with E-state index in [1.165, 1.54) is 6.20 Å². The van der Waals surface area contributed by atoms with Gasteiger partial charge >= 0.3 is 0 Å². The van der Waals surface area contributed by atoms with E-state index in [2.05, 4.69) is 20.5 Å². The maximum atomic E-state index is 11.8. The summed E-state index contributed by atoms with van der Waals surface area (Å²) >= 11 is 0. The number of hydrogen-bond donors (Lipinski definition) is 1. The topological polar surface area (TPSA) is 77.0 Å². The molecule has 0 fully saturated rings. The second kappa shape index (κ2) is 3.27. The van der Waals surface area contributed by atoms with Gasteiger partial charge in [-0.1, -0.05) is 0 Å². The highest BCUT2D eigenvalue weighted by molar-refractivity contribution is 6.07. The van der Waals surface area contributed by atoms with Gasteiger partial charge in [0.25, 0.3) is 11.8 Å². The molecular weight excluding hydrogens is 208 g/mol. The molecule has 1 amide bonds. The van der Waals surface area contributed by atoms with Crippen LogP contribution < -0.4 is 10.1 Å². The van der Waals surface area contributed by atoms with Gasteiger partial charge in [-0.15, -0.1) is 5.10 Å². The first-order valence-electron chi connectivity index (χ1n) is 4.60. The molecule has 78 valence electrons. The SMILES string of the molecule is O=C1Nc2cccnc2Oc2nnccc21. The Hall–Kier alpha value is -2.50. The summed E-state index contributed by atoms with van der Waals surface area (Å²) in [5.41, 5.74) is 0.860. The standard InChI is InChI=1S/C10H6N4O2/c15-8-6-3-5-12-14-9(6)16-10-7(13-8)2-1-4-11-10/h1-5H,(H,13,15). The molecule has 0 aliphatic carbocycles. The summed E-state index contributed by atoms with van der Waals surface area (Å²) in [7, 11) is 0. The number of aromatic nitrogens is 3. The fourth-order valence-electron chi connectivity index (χ4n) is 1.42. The Bertz CT molecular complexity index is 570. The zero-order chi connectivity index (χ0) is 11.0. The van der Waals surface area contributed by atoms with Crippen molar-refractivity contribution in [3.05, 3.63) is 36.2 Å². The summed E-state index contributed by atoms with van der Waals surface area (Å²) in [6, 6.07) is 4.97. The van der Waals surface area contributed by atoms with Crippen molar-refractivity contribution in [2.24, 2.45) is 0 Å². The van der Waals surface area contributed by atoms with E-state index >= 15 is 0 Å². The number of pyridine rings is 1. The summed E-state index contributed by atoms with van der Waals surface area (Å²) in [6.45, 7) is 0. The number of carbonyl (C=O) groups excluding carboxylic acids is 1. The summed E-state index contributed by atoms with van der Waals surface area (Å²) in [6.07, 6.45) is 3.01. The van der Waals surface area contributed by atoms with Crippen molar-refractivity contribution in [2.45, 2.75) is 0 Å². The molecule has 2 aromatic heterocycles. The predicted octanol–water partition coefficient (Wildman–Crippen LogP) is 1.23. The second-order valence-corrected chi connectivity index (χ2v) is 3.16. The minimum atomic E-state index is -0.281. The quantitative estimate of drug-likeness (QED) is 0.713. The van der Waals surface area contributed by atoms with E-state index in [1.54, 1.807) is 24.4 Å². The van der Waals surface area contributed by atoms with Gasteiger partial charge in [-0.2, -0.15) is 5.10 Å². The van der Waals surface area contributed by atoms with Crippen molar-refractivity contribution in [3.63, 3.8) is 0 Å². The molecule has 1 N–H and O–H groups in total. The number of hydrogen-bond acceptors (Lipinski definition) is 5. The summed E-state index contributed by atoms with van der Waals surface area (Å²) in [5.74, 6) is 0.198. The van der Waals surface area contributed by atoms with Crippen molar-refractivity contribution < 1.29 is 9.53 Å². The summed E-state index contributed by atoms with van der Waals surface area (Å²) in [4.78, 5) is 15.8. The molecule has 0 radical (unpaired) electrons. The van der Waals surface area contributed by atoms with Crippen LogP contribution in [0.3, 0.4) is 0 Å². The number of rotatable bonds is 0. The lowest BCUT2D eigenvalue weighted by molar-refractivity contribution is 0.102. The van der Waals surface area contributed by atoms with E-state index in [4.69, 9.17) is 4.74 Å². The molecule has 3 rings (SSSR count). The number of anilines is 1. The lowest BCUT2D eigenvalue weighted by Gasteiger charge is -2.03. The van der Waals surface area contributed by atoms with Crippen LogP contribution in [0.2, 0.25) is 0 Å². The van der Waals surface area contributed by atoms with Crippen LogP contribution in [0.15, 0.2) is 30.6 Å². The number of fused-ring (bicyclic) bond motifs is 2. The van der Waals surface area contributed by atoms with E-state index in [0.29, 0.717) is 17.1 Å². The molecule has 2 aromatic rings. The number of ether oxygens (including phenoxy) is 1. The van der Waals surface area contributed by atoms with Gasteiger partial charge in [0.15, 0.2) is 0 Å². The maximum Gasteiger partial charge on any atom is 0.261 e. The predicted molar refractivity (Wildman–Crippen MR) is 54.3 cm³/mol. The van der Waals surface area contributed by atoms with Crippen LogP contribution in [0.5, 0.6) is 11.8 Å². The molecule has 0 aromatic carbocycles. The maximum absolute atomic E-state index is 11.8. The number of nitrogens with zero attached hydrogens (tertiary/aromatic N) is 3. The highest BCUT2D eigenvalue weighted by Crippen LogP contribution is 2.31. The lowest BCUT2D eigenvalue weighted by Crippen LogP contribution is -2.10. The summed E-state index contributed by atoms with van der Waals surface area (Å²) in [5, 5.41) is 10.1. The zero-order valence-corrected chi connectivity index (χ0v) is 8.04. The van der Waals surface area contributed by atoms with Crippen LogP contribution in [0, 0.1) is 0 Å². The van der Waals surface area contributed by atoms with E-state index in [1.807, 2.05) is 0 Å². The third-order valence-electron chi connectivity index (χ3n) is 2.14. The normalized spacial score (nSPS) is 12.9. The van der Waals surface area contributed by atoms with E-state index in [9.17, 15) is 4.79 Å². The van der Waals surface area contributed by atoms with Crippen LogP contribution in [0.25, 0.3) is 0 Å². The van der Waals surface area contributed by atoms with Crippen molar-refractivity contribution in [2.75, 3.05) is 5.32 Å². The molecule has 3 heterocycles. The van der Waals surface area contributed by atoms with Crippen molar-refractivity contribution in [3.8, 4) is 11.8 Å². The van der Waals surface area contributed by atoms with E-state index in [-0.39, 0.29) is 11.8 Å². The lowest BCUT2D eigenvalue weighted by atomic mass is 10.3. The summed E-state index contributed by atoms with van der Waals surface area (Å²) < 4.78 is 5.40. The molecule has 0 saturated heterocycles. The third-order valence-corrected chi connectivity index (χ3v) is 2.14. The average Bonchev–Trinajstić information content (AvgIpc) is 2.45. The highest BCUT2D eigenvalue weighted by atomic mass is 16.5. The van der Waals surface area contributed by atoms with Crippen LogP contribution in [0.4, 0.5) is 5.69 Å². The molecule has 1 aliphatic rings. The smallest absolute Gasteiger partial charge is 0.261 e. The Kier molecular flexibility index (Phi) is 1.79. The Morgan fingerprint density at radius 3 is 3.06 bits per heavy atom. The molecule has 0 unspecified atom stereocenters. The fourth-order valence-corrected chi connectivity index (χ4v) is 1.42. The van der Waals surface area contributed by atoms with Crippen LogP contribution >= 0.6 is 0 Å². The number of amides is 1. The molecule has 6 nitrogen and oxygen atoms in total. The van der Waals surface area contributed by atoms with Gasteiger partial charge in [-0.3, -0.25) is 4.79 Å². The fraction of sp³-hybridized carbons (Fsp3) is 0. The van der Waals surface area contributed by atoms with Gasteiger partial charge in [0.05, 0.1) is 6.20 Å². The molecule has 0 spiro atoms. The van der Waals surface area contributed by atoms with Crippen LogP contribution in [-0.2, 0) is 0 Å². The van der Waals surface area contributed by atoms with Crippen molar-refractivity contribution >= 4 is 11.6 Å². The minimum Gasteiger partial charge on any atom is -0.416 e. The first-order valence-corrected chi connectivity index (χ1v) is 4.60. The van der Waals surface area contributed by atoms with Crippen LogP contribution in [0.1, 0.15) is 10.4 Å². The first kappa shape index (κ1) is 8.78. The molecule has 16 heavy (non-hydrogen) atoms. The number of nitrogens with one attached hydrogen (secondary N) is 1. The molecule has 0 atom stereocenters. The Morgan fingerprint density at radius 2 is 2.12 bits per heavy atom. The van der Waals surface area contributed by atoms with Gasteiger partial charge in [-0.05, 0) is 18.2 Å². The Labute approximate surface area is 90.3 Å². The van der Waals surface area contributed by atoms with Crippen molar-refractivity contribution in [1.82, 2.24) is 15.2 Å². The second-order valence-electron chi connectivity index (χ2n) is 3.16. The molecule has 0 bridgehead atoms. The van der Waals surface area contributed by atoms with Gasteiger partial charge in [0.2, 0.25) is 5.88 Å². The average molecular weight is 214 g/mol. The Morgan fingerprint density at radius 1 is 1.19 bits per heavy atom. The van der Waals surface area contributed by atoms with Gasteiger partial charge in [0.1, 0.15) is 11.3 Å². The van der Waals surface area contributed by atoms with Gasteiger partial charge in [0, 0.05) is 6.20 Å². The third kappa shape index (κ3) is 1.28. The van der Waals surface area contributed by atoms with Gasteiger partial charge < -0.3 is 10.1 Å². The molecule has 6 heteroatoms. The van der Waals surface area contributed by atoms with Crippen molar-refractivity contribution in [1.29, 1.82) is 0 Å². The monoisotopic (exact) mass is 214 g/mol. The first-order chi connectivity index (χ1) is 7.84. The van der Waals surface area contributed by atoms with Crippen LogP contribution in [-0.4, -0.2) is 21.1 Å². The van der Waals surface area contributed by atoms with E-state index < -0.39 is 0 Å². The Balaban J connectivity index is 2.18. The number of carbonyl (C=O) groups is 1. The van der Waals surface area contributed by atoms with E-state index in [0.717, 1.165) is 0 Å². The molecule has 1 aliphatic heterocycles.